The molecule has 0 bridgehead atoms. The maximum atomic E-state index is 14.8. The minimum Gasteiger partial charge on any atom is -0.463 e. The van der Waals surface area contributed by atoms with E-state index >= 15 is 0 Å². The average molecular weight is 772 g/mol. The highest BCUT2D eigenvalue weighted by molar-refractivity contribution is 5.72. The highest BCUT2D eigenvalue weighted by atomic mass is 19.3. The van der Waals surface area contributed by atoms with E-state index < -0.39 is 60.8 Å². The zero-order chi connectivity index (χ0) is 39.7. The number of allylic oxidation sites excluding steroid dienone is 4. The summed E-state index contributed by atoms with van der Waals surface area (Å²) in [6.45, 7) is 8.12. The lowest BCUT2D eigenvalue weighted by Gasteiger charge is -2.44. The van der Waals surface area contributed by atoms with Gasteiger partial charge in [0, 0.05) is 31.9 Å². The number of aromatic nitrogens is 2. The summed E-state index contributed by atoms with van der Waals surface area (Å²) in [7, 11) is 0. The normalized spacial score (nSPS) is 34.5. The van der Waals surface area contributed by atoms with Crippen LogP contribution < -0.4 is 11.4 Å². The summed E-state index contributed by atoms with van der Waals surface area (Å²) in [4.78, 5) is 40.6. The molecular formula is C41H55F2N3O9. The number of esters is 2. The average Bonchev–Trinajstić information content (AvgIpc) is 3.88. The lowest BCUT2D eigenvalue weighted by Crippen LogP contribution is -2.42. The Bertz CT molecular complexity index is 1760. The van der Waals surface area contributed by atoms with E-state index in [2.05, 4.69) is 37.6 Å². The highest BCUT2D eigenvalue weighted by Gasteiger charge is 2.60. The summed E-state index contributed by atoms with van der Waals surface area (Å²) in [6, 6.07) is 1.13. The molecule has 1 aliphatic heterocycles. The van der Waals surface area contributed by atoms with Crippen molar-refractivity contribution in [3.8, 4) is 0 Å². The van der Waals surface area contributed by atoms with Crippen LogP contribution in [-0.4, -0.2) is 79.9 Å². The number of anilines is 1. The van der Waals surface area contributed by atoms with Gasteiger partial charge in [0.25, 0.3) is 0 Å². The summed E-state index contributed by atoms with van der Waals surface area (Å²) in [5, 5.41) is 31.3. The molecule has 4 aliphatic carbocycles. The topological polar surface area (TPSA) is 183 Å². The van der Waals surface area contributed by atoms with Crippen LogP contribution in [0.2, 0.25) is 0 Å². The Morgan fingerprint density at radius 3 is 2.64 bits per heavy atom. The summed E-state index contributed by atoms with van der Waals surface area (Å²) in [5.74, 6) is -3.60. The Morgan fingerprint density at radius 2 is 1.91 bits per heavy atom. The van der Waals surface area contributed by atoms with Gasteiger partial charge in [0.05, 0.1) is 12.2 Å². The molecule has 6 rings (SSSR count). The van der Waals surface area contributed by atoms with Crippen LogP contribution in [0, 0.1) is 29.1 Å². The maximum Gasteiger partial charge on any atom is 0.351 e. The summed E-state index contributed by atoms with van der Waals surface area (Å²) in [5.41, 5.74) is 7.35. The molecule has 302 valence electrons. The number of aliphatic hydroxyl groups is 3. The molecule has 1 aromatic heterocycles. The van der Waals surface area contributed by atoms with Crippen molar-refractivity contribution < 1.29 is 47.9 Å². The van der Waals surface area contributed by atoms with Crippen LogP contribution in [0.25, 0.3) is 0 Å². The van der Waals surface area contributed by atoms with E-state index in [4.69, 9.17) is 19.9 Å². The molecule has 55 heavy (non-hydrogen) atoms. The zero-order valence-corrected chi connectivity index (χ0v) is 31.7. The van der Waals surface area contributed by atoms with Crippen molar-refractivity contribution in [2.45, 2.75) is 134 Å². The molecule has 0 amide bonds. The van der Waals surface area contributed by atoms with Gasteiger partial charge in [0.1, 0.15) is 24.6 Å². The first-order chi connectivity index (χ1) is 26.1. The maximum absolute atomic E-state index is 14.8. The summed E-state index contributed by atoms with van der Waals surface area (Å²) >= 11 is 0. The molecule has 1 saturated heterocycles. The predicted octanol–water partition coefficient (Wildman–Crippen LogP) is 5.09. The second kappa shape index (κ2) is 16.8. The van der Waals surface area contributed by atoms with Gasteiger partial charge in [-0.2, -0.15) is 13.8 Å². The van der Waals surface area contributed by atoms with E-state index in [-0.39, 0.29) is 43.0 Å². The van der Waals surface area contributed by atoms with Crippen molar-refractivity contribution in [3.63, 3.8) is 0 Å². The van der Waals surface area contributed by atoms with Crippen molar-refractivity contribution in [2.75, 3.05) is 12.3 Å². The van der Waals surface area contributed by atoms with Crippen LogP contribution in [-0.2, 0) is 23.8 Å². The van der Waals surface area contributed by atoms with Crippen LogP contribution in [0.5, 0.6) is 0 Å². The molecule has 0 radical (unpaired) electrons. The lowest BCUT2D eigenvalue weighted by molar-refractivity contribution is -0.152. The van der Waals surface area contributed by atoms with Gasteiger partial charge in [-0.1, -0.05) is 50.3 Å². The standard InChI is InChI=1S/C41H55F2N3O9/c1-23(9-16-31(47)26-11-12-26)29-14-15-30-25(6-5-18-40(29,30)3)10-13-27-20-28(21-32(48)24(27)2)54-36(50)8-4-7-35(49)53-22-33-37(51)41(42,43)38(55-33)46-19-17-34(44)45-39(46)52/h9-10,13,16-17,19,23,26,28-33,37-38,47-48,51H,2,4-8,11-12,14-15,18,20-22H2,1,3H3,(H2,44,45,52)/b16-9+,25-10+,27-13-/t23-,28?,29?,30?,31?,32-,33?,37?,38?,40+/m0/s1. The Hall–Kier alpha value is -3.72. The second-order valence-corrected chi connectivity index (χ2v) is 16.4. The predicted molar refractivity (Wildman–Crippen MR) is 198 cm³/mol. The first-order valence-electron chi connectivity index (χ1n) is 19.6. The van der Waals surface area contributed by atoms with Crippen molar-refractivity contribution in [2.24, 2.45) is 29.1 Å². The van der Waals surface area contributed by atoms with Crippen LogP contribution >= 0.6 is 0 Å². The minimum absolute atomic E-state index is 0.0600. The molecule has 7 unspecified atom stereocenters. The Labute approximate surface area is 320 Å². The molecule has 4 saturated carbocycles. The Kier molecular flexibility index (Phi) is 12.5. The van der Waals surface area contributed by atoms with E-state index in [9.17, 15) is 38.5 Å². The van der Waals surface area contributed by atoms with E-state index in [1.807, 2.05) is 12.2 Å². The second-order valence-electron chi connectivity index (χ2n) is 16.4. The number of alkyl halides is 2. The van der Waals surface area contributed by atoms with Crippen molar-refractivity contribution in [3.05, 3.63) is 70.3 Å². The number of hydrogen-bond acceptors (Lipinski definition) is 11. The number of rotatable bonds is 13. The Balaban J connectivity index is 0.967. The molecule has 0 aromatic carbocycles. The lowest BCUT2D eigenvalue weighted by atomic mass is 9.61. The molecule has 5 N–H and O–H groups in total. The van der Waals surface area contributed by atoms with E-state index in [1.165, 1.54) is 12.0 Å². The van der Waals surface area contributed by atoms with Crippen molar-refractivity contribution in [1.29, 1.82) is 0 Å². The fourth-order valence-corrected chi connectivity index (χ4v) is 9.28. The zero-order valence-electron chi connectivity index (χ0n) is 31.7. The molecule has 10 atom stereocenters. The van der Waals surface area contributed by atoms with E-state index in [0.29, 0.717) is 40.2 Å². The number of halogens is 2. The van der Waals surface area contributed by atoms with Crippen LogP contribution in [0.4, 0.5) is 14.6 Å². The third-order valence-corrected chi connectivity index (χ3v) is 12.6. The number of hydrogen-bond donors (Lipinski definition) is 4. The molecule has 5 aliphatic rings. The molecule has 5 fully saturated rings. The summed E-state index contributed by atoms with van der Waals surface area (Å²) in [6.07, 6.45) is 9.60. The monoisotopic (exact) mass is 771 g/mol. The SMILES string of the molecule is C=C1/C(=C\C=C2/CCC[C@@]3(C)C2CCC3[C@@H](C)/C=C/C(O)C2CC2)CC(OC(=O)CCCC(=O)OCC2OC(n3ccc(N)nc3=O)C(F)(F)C2O)C[C@@H]1O. The van der Waals surface area contributed by atoms with Crippen molar-refractivity contribution >= 4 is 17.8 Å². The Morgan fingerprint density at radius 1 is 1.16 bits per heavy atom. The third-order valence-electron chi connectivity index (χ3n) is 12.6. The van der Waals surface area contributed by atoms with Crippen molar-refractivity contribution in [1.82, 2.24) is 9.55 Å². The van der Waals surface area contributed by atoms with Gasteiger partial charge >= 0.3 is 23.6 Å². The molecule has 14 heteroatoms. The van der Waals surface area contributed by atoms with E-state index in [1.54, 1.807) is 0 Å². The quantitative estimate of drug-likeness (QED) is 0.155. The van der Waals surface area contributed by atoms with Gasteiger partial charge in [-0.3, -0.25) is 14.2 Å². The number of nitrogens with two attached hydrogens (primary N) is 1. The molecule has 12 nitrogen and oxygen atoms in total. The van der Waals surface area contributed by atoms with E-state index in [0.717, 1.165) is 56.4 Å². The van der Waals surface area contributed by atoms with Crippen LogP contribution in [0.3, 0.4) is 0 Å². The molecule has 0 spiro atoms. The number of carbonyl (C=O) groups excluding carboxylic acids is 2. The minimum atomic E-state index is -3.89. The van der Waals surface area contributed by atoms with Gasteiger partial charge in [0.15, 0.2) is 6.10 Å². The molecule has 1 aromatic rings. The number of nitrogen functional groups attached to an aromatic ring is 1. The van der Waals surface area contributed by atoms with Gasteiger partial charge < -0.3 is 35.3 Å². The van der Waals surface area contributed by atoms with Gasteiger partial charge in [-0.25, -0.2) is 4.79 Å². The van der Waals surface area contributed by atoms with Gasteiger partial charge in [0.2, 0.25) is 6.23 Å². The third kappa shape index (κ3) is 9.13. The number of carbonyl (C=O) groups is 2. The fourth-order valence-electron chi connectivity index (χ4n) is 9.28. The fraction of sp³-hybridized carbons (Fsp3) is 0.659. The first-order valence-corrected chi connectivity index (χ1v) is 19.6. The molecular weight excluding hydrogens is 716 g/mol. The number of aliphatic hydroxyl groups excluding tert-OH is 3. The number of ether oxygens (including phenoxy) is 3. The first kappa shape index (κ1) is 40.9. The number of fused-ring (bicyclic) bond motifs is 1. The smallest absolute Gasteiger partial charge is 0.351 e. The van der Waals surface area contributed by atoms with Gasteiger partial charge in [-0.05, 0) is 97.7 Å². The highest BCUT2D eigenvalue weighted by Crippen LogP contribution is 2.59. The largest absolute Gasteiger partial charge is 0.463 e. The van der Waals surface area contributed by atoms with Crippen LogP contribution in [0.1, 0.15) is 97.1 Å². The summed E-state index contributed by atoms with van der Waals surface area (Å²) < 4.78 is 46.0. The molecule has 2 heterocycles. The van der Waals surface area contributed by atoms with Crippen LogP contribution in [0.15, 0.2) is 64.7 Å². The van der Waals surface area contributed by atoms with Gasteiger partial charge in [-0.15, -0.1) is 0 Å². The number of nitrogens with zero attached hydrogens (tertiary/aromatic N) is 2.